The smallest absolute Gasteiger partial charge is 0.170 e. The van der Waals surface area contributed by atoms with Gasteiger partial charge in [-0.3, -0.25) is 4.90 Å². The standard InChI is InChI=1S/C16H21N3O2S/c1-19(2)14(15-5-4-10-21-15)11-17-16(22)18-12-6-8-13(20-3)9-7-12/h4-10,14H,11H2,1-3H3,(H2,17,18,22)/t14-/m1/s1. The lowest BCUT2D eigenvalue weighted by Gasteiger charge is -2.23. The van der Waals surface area contributed by atoms with Crippen LogP contribution in [0.5, 0.6) is 5.75 Å². The first kappa shape index (κ1) is 16.3. The second kappa shape index (κ2) is 7.82. The molecule has 0 aliphatic carbocycles. The molecule has 6 heteroatoms. The van der Waals surface area contributed by atoms with E-state index < -0.39 is 0 Å². The van der Waals surface area contributed by atoms with Gasteiger partial charge in [0.1, 0.15) is 11.5 Å². The molecule has 2 N–H and O–H groups in total. The van der Waals surface area contributed by atoms with Gasteiger partial charge in [0.15, 0.2) is 5.11 Å². The van der Waals surface area contributed by atoms with Gasteiger partial charge in [-0.05, 0) is 62.7 Å². The van der Waals surface area contributed by atoms with Gasteiger partial charge in [0.2, 0.25) is 0 Å². The third kappa shape index (κ3) is 4.47. The van der Waals surface area contributed by atoms with Crippen LogP contribution in [0.15, 0.2) is 47.1 Å². The van der Waals surface area contributed by atoms with Gasteiger partial charge in [0.25, 0.3) is 0 Å². The van der Waals surface area contributed by atoms with Crippen molar-refractivity contribution in [1.29, 1.82) is 0 Å². The summed E-state index contributed by atoms with van der Waals surface area (Å²) in [5, 5.41) is 6.94. The lowest BCUT2D eigenvalue weighted by Crippen LogP contribution is -2.36. The second-order valence-corrected chi connectivity index (χ2v) is 5.47. The molecular weight excluding hydrogens is 298 g/mol. The van der Waals surface area contributed by atoms with Gasteiger partial charge < -0.3 is 19.8 Å². The summed E-state index contributed by atoms with van der Waals surface area (Å²) in [4.78, 5) is 2.09. The van der Waals surface area contributed by atoms with Crippen LogP contribution in [0, 0.1) is 0 Å². The lowest BCUT2D eigenvalue weighted by atomic mass is 10.2. The zero-order valence-corrected chi connectivity index (χ0v) is 13.8. The van der Waals surface area contributed by atoms with E-state index in [2.05, 4.69) is 15.5 Å². The highest BCUT2D eigenvalue weighted by Crippen LogP contribution is 2.18. The predicted octanol–water partition coefficient (Wildman–Crippen LogP) is 2.88. The number of anilines is 1. The van der Waals surface area contributed by atoms with Crippen molar-refractivity contribution in [2.75, 3.05) is 33.1 Å². The maximum atomic E-state index is 5.47. The molecule has 0 unspecified atom stereocenters. The second-order valence-electron chi connectivity index (χ2n) is 5.06. The maximum absolute atomic E-state index is 5.47. The molecule has 118 valence electrons. The number of hydrogen-bond donors (Lipinski definition) is 2. The van der Waals surface area contributed by atoms with Crippen molar-refractivity contribution < 1.29 is 9.15 Å². The first-order valence-corrected chi connectivity index (χ1v) is 7.39. The van der Waals surface area contributed by atoms with Gasteiger partial charge in [-0.15, -0.1) is 0 Å². The van der Waals surface area contributed by atoms with Crippen LogP contribution >= 0.6 is 12.2 Å². The third-order valence-corrected chi connectivity index (χ3v) is 3.55. The van der Waals surface area contributed by atoms with Gasteiger partial charge >= 0.3 is 0 Å². The van der Waals surface area contributed by atoms with E-state index in [4.69, 9.17) is 21.4 Å². The molecule has 1 aromatic heterocycles. The zero-order valence-electron chi connectivity index (χ0n) is 13.0. The Labute approximate surface area is 136 Å². The van der Waals surface area contributed by atoms with Crippen molar-refractivity contribution in [2.24, 2.45) is 0 Å². The monoisotopic (exact) mass is 319 g/mol. The molecule has 5 nitrogen and oxygen atoms in total. The summed E-state index contributed by atoms with van der Waals surface area (Å²) in [5.41, 5.74) is 0.915. The molecule has 1 aromatic carbocycles. The van der Waals surface area contributed by atoms with Crippen molar-refractivity contribution in [1.82, 2.24) is 10.2 Å². The fraction of sp³-hybridized carbons (Fsp3) is 0.312. The number of rotatable bonds is 6. The number of likely N-dealkylation sites (N-methyl/N-ethyl adjacent to an activating group) is 1. The molecule has 0 saturated carbocycles. The largest absolute Gasteiger partial charge is 0.497 e. The highest BCUT2D eigenvalue weighted by Gasteiger charge is 2.16. The topological polar surface area (TPSA) is 49.7 Å². The Balaban J connectivity index is 1.88. The molecule has 0 spiro atoms. The lowest BCUT2D eigenvalue weighted by molar-refractivity contribution is 0.259. The van der Waals surface area contributed by atoms with Crippen LogP contribution < -0.4 is 15.4 Å². The number of hydrogen-bond acceptors (Lipinski definition) is 4. The number of furan rings is 1. The van der Waals surface area contributed by atoms with Gasteiger partial charge in [-0.1, -0.05) is 0 Å². The maximum Gasteiger partial charge on any atom is 0.170 e. The third-order valence-electron chi connectivity index (χ3n) is 3.30. The number of ether oxygens (including phenoxy) is 1. The van der Waals surface area contributed by atoms with E-state index in [1.165, 1.54) is 0 Å². The average Bonchev–Trinajstić information content (AvgIpc) is 3.02. The van der Waals surface area contributed by atoms with Crippen LogP contribution in [-0.4, -0.2) is 37.8 Å². The summed E-state index contributed by atoms with van der Waals surface area (Å²) < 4.78 is 10.6. The molecule has 0 bridgehead atoms. The van der Waals surface area contributed by atoms with Crippen LogP contribution in [0.2, 0.25) is 0 Å². The van der Waals surface area contributed by atoms with E-state index in [9.17, 15) is 0 Å². The van der Waals surface area contributed by atoms with E-state index in [0.29, 0.717) is 11.7 Å². The van der Waals surface area contributed by atoms with E-state index in [0.717, 1.165) is 17.2 Å². The van der Waals surface area contributed by atoms with Crippen molar-refractivity contribution in [3.05, 3.63) is 48.4 Å². The normalized spacial score (nSPS) is 12.0. The molecule has 0 fully saturated rings. The minimum atomic E-state index is 0.116. The molecule has 1 atom stereocenters. The van der Waals surface area contributed by atoms with E-state index in [1.807, 2.05) is 50.5 Å². The van der Waals surface area contributed by atoms with Crippen LogP contribution in [0.3, 0.4) is 0 Å². The number of methoxy groups -OCH3 is 1. The minimum Gasteiger partial charge on any atom is -0.497 e. The Kier molecular flexibility index (Phi) is 5.80. The van der Waals surface area contributed by atoms with E-state index >= 15 is 0 Å². The van der Waals surface area contributed by atoms with Crippen LogP contribution in [-0.2, 0) is 0 Å². The summed E-state index contributed by atoms with van der Waals surface area (Å²) in [5.74, 6) is 1.72. The Hall–Kier alpha value is -2.05. The molecule has 1 heterocycles. The van der Waals surface area contributed by atoms with Gasteiger partial charge in [-0.2, -0.15) is 0 Å². The molecule has 0 amide bonds. The average molecular weight is 319 g/mol. The molecule has 2 aromatic rings. The summed E-state index contributed by atoms with van der Waals surface area (Å²) in [6.07, 6.45) is 1.68. The molecule has 2 rings (SSSR count). The van der Waals surface area contributed by atoms with E-state index in [-0.39, 0.29) is 6.04 Å². The molecule has 0 radical (unpaired) electrons. The van der Waals surface area contributed by atoms with Crippen molar-refractivity contribution in [3.8, 4) is 5.75 Å². The minimum absolute atomic E-state index is 0.116. The first-order valence-electron chi connectivity index (χ1n) is 6.99. The van der Waals surface area contributed by atoms with Gasteiger partial charge in [0.05, 0.1) is 19.4 Å². The number of thiocarbonyl (C=S) groups is 1. The molecule has 0 saturated heterocycles. The highest BCUT2D eigenvalue weighted by atomic mass is 32.1. The van der Waals surface area contributed by atoms with E-state index in [1.54, 1.807) is 13.4 Å². The number of benzene rings is 1. The molecule has 0 aliphatic rings. The Morgan fingerprint density at radius 3 is 2.55 bits per heavy atom. The molecule has 22 heavy (non-hydrogen) atoms. The molecular formula is C16H21N3O2S. The first-order chi connectivity index (χ1) is 10.6. The van der Waals surface area contributed by atoms with Gasteiger partial charge in [0, 0.05) is 12.2 Å². The van der Waals surface area contributed by atoms with Crippen LogP contribution in [0.4, 0.5) is 5.69 Å². The fourth-order valence-corrected chi connectivity index (χ4v) is 2.26. The Morgan fingerprint density at radius 1 is 1.27 bits per heavy atom. The zero-order chi connectivity index (χ0) is 15.9. The van der Waals surface area contributed by atoms with Crippen LogP contribution in [0.1, 0.15) is 11.8 Å². The summed E-state index contributed by atoms with van der Waals surface area (Å²) >= 11 is 5.33. The Morgan fingerprint density at radius 2 is 2.00 bits per heavy atom. The highest BCUT2D eigenvalue weighted by molar-refractivity contribution is 7.80. The SMILES string of the molecule is COc1ccc(NC(=S)NC[C@H](c2ccco2)N(C)C)cc1. The summed E-state index contributed by atoms with van der Waals surface area (Å²) in [6.45, 7) is 0.655. The van der Waals surface area contributed by atoms with Gasteiger partial charge in [-0.25, -0.2) is 0 Å². The Bertz CT molecular complexity index is 582. The van der Waals surface area contributed by atoms with Crippen LogP contribution in [0.25, 0.3) is 0 Å². The number of nitrogens with zero attached hydrogens (tertiary/aromatic N) is 1. The van der Waals surface area contributed by atoms with Crippen molar-refractivity contribution in [3.63, 3.8) is 0 Å². The van der Waals surface area contributed by atoms with Crippen molar-refractivity contribution in [2.45, 2.75) is 6.04 Å². The fourth-order valence-electron chi connectivity index (χ4n) is 2.06. The summed E-state index contributed by atoms with van der Waals surface area (Å²) in [6, 6.07) is 11.6. The predicted molar refractivity (Wildman–Crippen MR) is 92.4 cm³/mol. The van der Waals surface area contributed by atoms with Crippen molar-refractivity contribution >= 4 is 23.0 Å². The summed E-state index contributed by atoms with van der Waals surface area (Å²) in [7, 11) is 5.66. The quantitative estimate of drug-likeness (QED) is 0.799. The molecule has 0 aliphatic heterocycles. The number of nitrogens with one attached hydrogen (secondary N) is 2.